The molecule has 0 aromatic heterocycles. The fourth-order valence-electron chi connectivity index (χ4n) is 2.37. The van der Waals surface area contributed by atoms with E-state index in [0.717, 1.165) is 31.7 Å². The van der Waals surface area contributed by atoms with Gasteiger partial charge in [-0.3, -0.25) is 0 Å². The molecule has 2 N–H and O–H groups in total. The topological polar surface area (TPSA) is 35.2 Å². The molecule has 0 bridgehead atoms. The van der Waals surface area contributed by atoms with E-state index in [1.54, 1.807) is 0 Å². The molecule has 0 saturated heterocycles. The standard InChI is InChI=1S/C14H21NO/c1-3-10(2)12-5-4-6-13-11(9-15)7-8-16-14(12)13/h4-6,10-11H,3,7-9,15H2,1-2H3. The van der Waals surface area contributed by atoms with Gasteiger partial charge in [0.2, 0.25) is 0 Å². The summed E-state index contributed by atoms with van der Waals surface area (Å²) < 4.78 is 5.85. The second-order valence-electron chi connectivity index (χ2n) is 4.64. The number of fused-ring (bicyclic) bond motifs is 1. The summed E-state index contributed by atoms with van der Waals surface area (Å²) in [5, 5.41) is 0. The van der Waals surface area contributed by atoms with Gasteiger partial charge in [-0.05, 0) is 36.4 Å². The van der Waals surface area contributed by atoms with Gasteiger partial charge in [0, 0.05) is 5.92 Å². The zero-order chi connectivity index (χ0) is 11.5. The van der Waals surface area contributed by atoms with E-state index in [1.807, 2.05) is 0 Å². The molecular formula is C14H21NO. The van der Waals surface area contributed by atoms with Crippen LogP contribution in [0.4, 0.5) is 0 Å². The summed E-state index contributed by atoms with van der Waals surface area (Å²) in [6.07, 6.45) is 2.20. The van der Waals surface area contributed by atoms with Crippen LogP contribution in [0.25, 0.3) is 0 Å². The predicted octanol–water partition coefficient (Wildman–Crippen LogP) is 3.02. The molecule has 2 atom stereocenters. The van der Waals surface area contributed by atoms with Crippen molar-refractivity contribution in [2.75, 3.05) is 13.2 Å². The average molecular weight is 219 g/mol. The lowest BCUT2D eigenvalue weighted by Gasteiger charge is -2.28. The summed E-state index contributed by atoms with van der Waals surface area (Å²) in [6.45, 7) is 6.00. The largest absolute Gasteiger partial charge is 0.493 e. The van der Waals surface area contributed by atoms with Crippen LogP contribution in [0.2, 0.25) is 0 Å². The van der Waals surface area contributed by atoms with Crippen molar-refractivity contribution in [2.45, 2.75) is 38.5 Å². The average Bonchev–Trinajstić information content (AvgIpc) is 2.36. The molecule has 2 heteroatoms. The van der Waals surface area contributed by atoms with Crippen molar-refractivity contribution in [3.05, 3.63) is 29.3 Å². The SMILES string of the molecule is CCC(C)c1cccc2c1OCCC2CN. The lowest BCUT2D eigenvalue weighted by atomic mass is 9.87. The van der Waals surface area contributed by atoms with E-state index in [1.165, 1.54) is 11.1 Å². The van der Waals surface area contributed by atoms with Crippen LogP contribution in [0.15, 0.2) is 18.2 Å². The Morgan fingerprint density at radius 1 is 1.50 bits per heavy atom. The Kier molecular flexibility index (Phi) is 3.49. The number of ether oxygens (including phenoxy) is 1. The van der Waals surface area contributed by atoms with Crippen LogP contribution >= 0.6 is 0 Å². The van der Waals surface area contributed by atoms with E-state index in [2.05, 4.69) is 32.0 Å². The second-order valence-corrected chi connectivity index (χ2v) is 4.64. The third kappa shape index (κ3) is 1.94. The van der Waals surface area contributed by atoms with Crippen molar-refractivity contribution < 1.29 is 4.74 Å². The molecule has 2 rings (SSSR count). The predicted molar refractivity (Wildman–Crippen MR) is 67.1 cm³/mol. The maximum absolute atomic E-state index is 5.85. The van der Waals surface area contributed by atoms with Crippen molar-refractivity contribution in [2.24, 2.45) is 5.73 Å². The van der Waals surface area contributed by atoms with Gasteiger partial charge in [-0.1, -0.05) is 32.0 Å². The summed E-state index contributed by atoms with van der Waals surface area (Å²) in [4.78, 5) is 0. The molecule has 0 aliphatic carbocycles. The molecule has 0 radical (unpaired) electrons. The maximum Gasteiger partial charge on any atom is 0.126 e. The Hall–Kier alpha value is -1.02. The Morgan fingerprint density at radius 2 is 2.31 bits per heavy atom. The first-order valence-electron chi connectivity index (χ1n) is 6.23. The third-order valence-electron chi connectivity index (χ3n) is 3.66. The van der Waals surface area contributed by atoms with Crippen LogP contribution < -0.4 is 10.5 Å². The molecule has 1 aromatic rings. The fraction of sp³-hybridized carbons (Fsp3) is 0.571. The molecular weight excluding hydrogens is 198 g/mol. The van der Waals surface area contributed by atoms with E-state index in [0.29, 0.717) is 11.8 Å². The Balaban J connectivity index is 2.42. The fourth-order valence-corrected chi connectivity index (χ4v) is 2.37. The minimum Gasteiger partial charge on any atom is -0.493 e. The highest BCUT2D eigenvalue weighted by Gasteiger charge is 2.23. The van der Waals surface area contributed by atoms with Gasteiger partial charge in [0.15, 0.2) is 0 Å². The minimum absolute atomic E-state index is 0.479. The molecule has 16 heavy (non-hydrogen) atoms. The number of rotatable bonds is 3. The van der Waals surface area contributed by atoms with Gasteiger partial charge >= 0.3 is 0 Å². The van der Waals surface area contributed by atoms with Crippen LogP contribution in [-0.2, 0) is 0 Å². The van der Waals surface area contributed by atoms with Crippen LogP contribution in [0, 0.1) is 0 Å². The molecule has 1 aromatic carbocycles. The summed E-state index contributed by atoms with van der Waals surface area (Å²) in [5.41, 5.74) is 8.48. The Morgan fingerprint density at radius 3 is 3.00 bits per heavy atom. The number of hydrogen-bond donors (Lipinski definition) is 1. The summed E-state index contributed by atoms with van der Waals surface area (Å²) >= 11 is 0. The first kappa shape index (κ1) is 11.5. The van der Waals surface area contributed by atoms with Crippen molar-refractivity contribution >= 4 is 0 Å². The molecule has 88 valence electrons. The molecule has 0 amide bonds. The van der Waals surface area contributed by atoms with Gasteiger partial charge in [0.25, 0.3) is 0 Å². The summed E-state index contributed by atoms with van der Waals surface area (Å²) in [7, 11) is 0. The molecule has 0 spiro atoms. The zero-order valence-corrected chi connectivity index (χ0v) is 10.2. The highest BCUT2D eigenvalue weighted by atomic mass is 16.5. The Bertz CT molecular complexity index is 348. The normalized spacial score (nSPS) is 21.1. The highest BCUT2D eigenvalue weighted by molar-refractivity contribution is 5.46. The van der Waals surface area contributed by atoms with Crippen molar-refractivity contribution in [1.29, 1.82) is 0 Å². The van der Waals surface area contributed by atoms with Gasteiger partial charge in [-0.15, -0.1) is 0 Å². The van der Waals surface area contributed by atoms with Crippen molar-refractivity contribution in [1.82, 2.24) is 0 Å². The number of hydrogen-bond acceptors (Lipinski definition) is 2. The van der Waals surface area contributed by atoms with E-state index >= 15 is 0 Å². The van der Waals surface area contributed by atoms with Crippen LogP contribution in [0.1, 0.15) is 49.7 Å². The molecule has 1 aliphatic rings. The van der Waals surface area contributed by atoms with Gasteiger partial charge in [-0.25, -0.2) is 0 Å². The van der Waals surface area contributed by atoms with Crippen LogP contribution in [0.5, 0.6) is 5.75 Å². The van der Waals surface area contributed by atoms with E-state index < -0.39 is 0 Å². The highest BCUT2D eigenvalue weighted by Crippen LogP contribution is 2.39. The molecule has 0 saturated carbocycles. The van der Waals surface area contributed by atoms with Gasteiger partial charge in [0.05, 0.1) is 6.61 Å². The Labute approximate surface area is 97.8 Å². The van der Waals surface area contributed by atoms with Gasteiger partial charge in [-0.2, -0.15) is 0 Å². The van der Waals surface area contributed by atoms with Crippen molar-refractivity contribution in [3.8, 4) is 5.75 Å². The molecule has 1 aliphatic heterocycles. The van der Waals surface area contributed by atoms with Crippen molar-refractivity contribution in [3.63, 3.8) is 0 Å². The van der Waals surface area contributed by atoms with E-state index in [-0.39, 0.29) is 0 Å². The number of para-hydroxylation sites is 1. The monoisotopic (exact) mass is 219 g/mol. The first-order chi connectivity index (χ1) is 7.77. The smallest absolute Gasteiger partial charge is 0.126 e. The van der Waals surface area contributed by atoms with E-state index in [9.17, 15) is 0 Å². The van der Waals surface area contributed by atoms with Gasteiger partial charge < -0.3 is 10.5 Å². The lowest BCUT2D eigenvalue weighted by molar-refractivity contribution is 0.264. The summed E-state index contributed by atoms with van der Waals surface area (Å²) in [6, 6.07) is 6.49. The minimum atomic E-state index is 0.479. The summed E-state index contributed by atoms with van der Waals surface area (Å²) in [5.74, 6) is 2.15. The molecule has 2 nitrogen and oxygen atoms in total. The quantitative estimate of drug-likeness (QED) is 0.848. The van der Waals surface area contributed by atoms with E-state index in [4.69, 9.17) is 10.5 Å². The molecule has 2 unspecified atom stereocenters. The number of nitrogens with two attached hydrogens (primary N) is 1. The number of benzene rings is 1. The van der Waals surface area contributed by atoms with Crippen LogP contribution in [-0.4, -0.2) is 13.2 Å². The third-order valence-corrected chi connectivity index (χ3v) is 3.66. The molecule has 1 heterocycles. The lowest BCUT2D eigenvalue weighted by Crippen LogP contribution is -2.22. The first-order valence-corrected chi connectivity index (χ1v) is 6.23. The van der Waals surface area contributed by atoms with Crippen LogP contribution in [0.3, 0.4) is 0 Å². The van der Waals surface area contributed by atoms with Gasteiger partial charge in [0.1, 0.15) is 5.75 Å². The second kappa shape index (κ2) is 4.88. The zero-order valence-electron chi connectivity index (χ0n) is 10.2. The maximum atomic E-state index is 5.85. The molecule has 0 fully saturated rings.